The summed E-state index contributed by atoms with van der Waals surface area (Å²) in [7, 11) is 9.35. The maximum Gasteiger partial charge on any atom is 0.336 e. The van der Waals surface area contributed by atoms with Crippen LogP contribution in [-0.2, 0) is 0 Å². The molecule has 2 aromatic rings. The molecular weight excluding hydrogens is 539 g/mol. The van der Waals surface area contributed by atoms with Gasteiger partial charge in [-0.2, -0.15) is 0 Å². The first-order chi connectivity index (χ1) is 19.2. The molecule has 224 valence electrons. The number of quaternary nitrogens is 1. The van der Waals surface area contributed by atoms with E-state index in [-0.39, 0.29) is 11.1 Å². The molecular formula is C33H52NO4S2+. The first-order valence-electron chi connectivity index (χ1n) is 15.0. The third kappa shape index (κ3) is 17.7. The summed E-state index contributed by atoms with van der Waals surface area (Å²) in [5.41, 5.74) is 0.413. The van der Waals surface area contributed by atoms with Crippen molar-refractivity contribution < 1.29 is 24.3 Å². The lowest BCUT2D eigenvalue weighted by Gasteiger charge is -2.23. The van der Waals surface area contributed by atoms with Crippen molar-refractivity contribution in [1.82, 2.24) is 0 Å². The van der Waals surface area contributed by atoms with Crippen LogP contribution in [0.15, 0.2) is 58.3 Å². The normalized spacial score (nSPS) is 11.1. The molecule has 2 rings (SSSR count). The molecule has 0 aliphatic heterocycles. The first-order valence-corrected chi connectivity index (χ1v) is 17.1. The summed E-state index contributed by atoms with van der Waals surface area (Å²) < 4.78 is 1.12. The van der Waals surface area contributed by atoms with Crippen molar-refractivity contribution in [3.63, 3.8) is 0 Å². The highest BCUT2D eigenvalue weighted by molar-refractivity contribution is 8.76. The van der Waals surface area contributed by atoms with Gasteiger partial charge in [0.15, 0.2) is 0 Å². The molecule has 0 radical (unpaired) electrons. The molecule has 0 saturated carbocycles. The van der Waals surface area contributed by atoms with E-state index in [0.29, 0.717) is 9.79 Å². The lowest BCUT2D eigenvalue weighted by molar-refractivity contribution is -0.870. The SMILES string of the molecule is CCCCCCCCCCCCCCCC[N+](C)(C)C.O=C(O)c1ccccc1SSc1ccccc1C(=O)O. The van der Waals surface area contributed by atoms with Gasteiger partial charge in [0.25, 0.3) is 0 Å². The number of carboxylic acid groups (broad SMARTS) is 2. The minimum atomic E-state index is -1.000. The lowest BCUT2D eigenvalue weighted by atomic mass is 10.0. The Morgan fingerprint density at radius 2 is 0.900 bits per heavy atom. The number of aromatic carboxylic acids is 2. The molecule has 0 aliphatic rings. The van der Waals surface area contributed by atoms with Gasteiger partial charge in [0.05, 0.1) is 38.8 Å². The van der Waals surface area contributed by atoms with Crippen LogP contribution in [0, 0.1) is 0 Å². The molecule has 0 unspecified atom stereocenters. The topological polar surface area (TPSA) is 74.6 Å². The molecule has 2 aromatic carbocycles. The maximum atomic E-state index is 11.1. The lowest BCUT2D eigenvalue weighted by Crippen LogP contribution is -2.35. The van der Waals surface area contributed by atoms with Crippen molar-refractivity contribution >= 4 is 33.5 Å². The number of benzene rings is 2. The highest BCUT2D eigenvalue weighted by Gasteiger charge is 2.13. The van der Waals surface area contributed by atoms with Crippen LogP contribution in [0.5, 0.6) is 0 Å². The number of hydrogen-bond acceptors (Lipinski definition) is 4. The van der Waals surface area contributed by atoms with Crippen molar-refractivity contribution in [2.75, 3.05) is 27.7 Å². The second-order valence-electron chi connectivity index (χ2n) is 11.4. The van der Waals surface area contributed by atoms with Gasteiger partial charge in [0.1, 0.15) is 0 Å². The van der Waals surface area contributed by atoms with Crippen LogP contribution in [0.3, 0.4) is 0 Å². The zero-order valence-corrected chi connectivity index (χ0v) is 26.8. The van der Waals surface area contributed by atoms with Crippen LogP contribution >= 0.6 is 21.6 Å². The summed E-state index contributed by atoms with van der Waals surface area (Å²) in [5, 5.41) is 18.2. The van der Waals surface area contributed by atoms with Gasteiger partial charge in [0, 0.05) is 9.79 Å². The van der Waals surface area contributed by atoms with E-state index in [9.17, 15) is 9.59 Å². The van der Waals surface area contributed by atoms with Gasteiger partial charge in [-0.15, -0.1) is 0 Å². The van der Waals surface area contributed by atoms with E-state index in [1.54, 1.807) is 36.4 Å². The van der Waals surface area contributed by atoms with Crippen LogP contribution in [0.25, 0.3) is 0 Å². The van der Waals surface area contributed by atoms with Crippen molar-refractivity contribution in [3.8, 4) is 0 Å². The Morgan fingerprint density at radius 3 is 1.23 bits per heavy atom. The predicted octanol–water partition coefficient (Wildman–Crippen LogP) is 10.1. The monoisotopic (exact) mass is 590 g/mol. The Bertz CT molecular complexity index is 917. The van der Waals surface area contributed by atoms with Crippen molar-refractivity contribution in [3.05, 3.63) is 59.7 Å². The quantitative estimate of drug-likeness (QED) is 0.0908. The summed E-state index contributed by atoms with van der Waals surface area (Å²) in [5.74, 6) is -2.00. The highest BCUT2D eigenvalue weighted by Crippen LogP contribution is 2.40. The highest BCUT2D eigenvalue weighted by atomic mass is 33.1. The molecule has 0 amide bonds. The molecule has 40 heavy (non-hydrogen) atoms. The van der Waals surface area contributed by atoms with Gasteiger partial charge in [-0.1, -0.05) is 130 Å². The average molecular weight is 591 g/mol. The number of carbonyl (C=O) groups is 2. The zero-order valence-electron chi connectivity index (χ0n) is 25.2. The van der Waals surface area contributed by atoms with Crippen LogP contribution < -0.4 is 0 Å². The van der Waals surface area contributed by atoms with Crippen LogP contribution in [0.1, 0.15) is 118 Å². The van der Waals surface area contributed by atoms with Gasteiger partial charge in [-0.05, 0) is 37.1 Å². The minimum Gasteiger partial charge on any atom is -0.478 e. The maximum absolute atomic E-state index is 11.1. The number of carboxylic acids is 2. The fourth-order valence-electron chi connectivity index (χ4n) is 4.30. The fourth-order valence-corrected chi connectivity index (χ4v) is 6.65. The van der Waals surface area contributed by atoms with E-state index in [1.165, 1.54) is 130 Å². The van der Waals surface area contributed by atoms with E-state index in [0.717, 1.165) is 4.48 Å². The number of nitrogens with zero attached hydrogens (tertiary/aromatic N) is 1. The van der Waals surface area contributed by atoms with Gasteiger partial charge in [-0.3, -0.25) is 0 Å². The largest absolute Gasteiger partial charge is 0.478 e. The molecule has 2 N–H and O–H groups in total. The van der Waals surface area contributed by atoms with Crippen LogP contribution in [-0.4, -0.2) is 54.3 Å². The van der Waals surface area contributed by atoms with Gasteiger partial charge in [-0.25, -0.2) is 9.59 Å². The number of rotatable bonds is 20. The molecule has 0 aliphatic carbocycles. The summed E-state index contributed by atoms with van der Waals surface area (Å²) >= 11 is 0. The molecule has 0 bridgehead atoms. The molecule has 0 fully saturated rings. The van der Waals surface area contributed by atoms with Crippen LogP contribution in [0.2, 0.25) is 0 Å². The molecule has 7 heteroatoms. The summed E-state index contributed by atoms with van der Waals surface area (Å²) in [6.45, 7) is 3.63. The van der Waals surface area contributed by atoms with Gasteiger partial charge < -0.3 is 14.7 Å². The van der Waals surface area contributed by atoms with E-state index < -0.39 is 11.9 Å². The third-order valence-electron chi connectivity index (χ3n) is 6.64. The van der Waals surface area contributed by atoms with Crippen molar-refractivity contribution in [2.24, 2.45) is 0 Å². The van der Waals surface area contributed by atoms with Crippen LogP contribution in [0.4, 0.5) is 0 Å². The van der Waals surface area contributed by atoms with E-state index in [1.807, 2.05) is 0 Å². The molecule has 0 saturated heterocycles. The number of unbranched alkanes of at least 4 members (excludes halogenated alkanes) is 13. The fraction of sp³-hybridized carbons (Fsp3) is 0.576. The molecule has 0 spiro atoms. The number of hydrogen-bond donors (Lipinski definition) is 2. The Balaban J connectivity index is 0.000000400. The van der Waals surface area contributed by atoms with Gasteiger partial charge in [0.2, 0.25) is 0 Å². The van der Waals surface area contributed by atoms with Crippen molar-refractivity contribution in [2.45, 2.75) is 107 Å². The van der Waals surface area contributed by atoms with Crippen molar-refractivity contribution in [1.29, 1.82) is 0 Å². The molecule has 0 heterocycles. The summed E-state index contributed by atoms with van der Waals surface area (Å²) in [4.78, 5) is 23.4. The standard InChI is InChI=1S/C19H42N.C14H10O4S2/c1-5-6-7-8-9-10-11-12-13-14-15-16-17-18-19-20(2,3)4;15-13(16)9-5-1-3-7-11(9)19-20-12-8-4-2-6-10(12)14(17)18/h5-19H2,1-4H3;1-8H,(H,15,16)(H,17,18)/q+1;. The summed E-state index contributed by atoms with van der Waals surface area (Å²) in [6.07, 6.45) is 20.4. The second-order valence-corrected chi connectivity index (χ2v) is 13.6. The molecule has 0 aromatic heterocycles. The van der Waals surface area contributed by atoms with E-state index in [4.69, 9.17) is 10.2 Å². The minimum absolute atomic E-state index is 0.206. The van der Waals surface area contributed by atoms with Gasteiger partial charge >= 0.3 is 11.9 Å². The predicted molar refractivity (Wildman–Crippen MR) is 172 cm³/mol. The Labute approximate surface area is 251 Å². The first kappa shape index (κ1) is 36.1. The van der Waals surface area contributed by atoms with E-state index >= 15 is 0 Å². The smallest absolute Gasteiger partial charge is 0.336 e. The Hall–Kier alpha value is -1.96. The second kappa shape index (κ2) is 21.7. The van der Waals surface area contributed by atoms with E-state index in [2.05, 4.69) is 28.1 Å². The molecule has 0 atom stereocenters. The third-order valence-corrected chi connectivity index (χ3v) is 9.12. The summed E-state index contributed by atoms with van der Waals surface area (Å²) in [6, 6.07) is 13.3. The molecule has 5 nitrogen and oxygen atoms in total. The Kier molecular flexibility index (Phi) is 19.6. The zero-order chi connectivity index (χ0) is 29.6. The average Bonchev–Trinajstić information content (AvgIpc) is 2.92. The Morgan fingerprint density at radius 1 is 0.575 bits per heavy atom.